The predicted molar refractivity (Wildman–Crippen MR) is 60.8 cm³/mol. The van der Waals surface area contributed by atoms with Gasteiger partial charge in [0.05, 0.1) is 6.67 Å². The molecule has 0 radical (unpaired) electrons. The number of aliphatic imine (C=N–C) groups is 1. The highest BCUT2D eigenvalue weighted by Crippen LogP contribution is 2.09. The number of aliphatic hydroxyl groups is 1. The molecule has 0 amide bonds. The molecule has 0 saturated heterocycles. The molecule has 1 atom stereocenters. The molecular weight excluding hydrogens is 188 g/mol. The van der Waals surface area contributed by atoms with Gasteiger partial charge in [-0.3, -0.25) is 9.89 Å². The van der Waals surface area contributed by atoms with E-state index in [0.717, 1.165) is 19.4 Å². The van der Waals surface area contributed by atoms with E-state index in [0.29, 0.717) is 6.67 Å². The summed E-state index contributed by atoms with van der Waals surface area (Å²) in [5.74, 6) is 0. The van der Waals surface area contributed by atoms with Crippen molar-refractivity contribution in [2.75, 3.05) is 13.2 Å². The van der Waals surface area contributed by atoms with Crippen molar-refractivity contribution in [1.29, 1.82) is 0 Å². The fraction of sp³-hybridized carbons (Fsp3) is 0.417. The van der Waals surface area contributed by atoms with Crippen LogP contribution < -0.4 is 0 Å². The Morgan fingerprint density at radius 2 is 2.13 bits per heavy atom. The van der Waals surface area contributed by atoms with Crippen LogP contribution in [0.5, 0.6) is 0 Å². The molecule has 80 valence electrons. The summed E-state index contributed by atoms with van der Waals surface area (Å²) in [4.78, 5) is 6.04. The van der Waals surface area contributed by atoms with Crippen LogP contribution in [0.3, 0.4) is 0 Å². The number of aryl methyl sites for hydroxylation is 1. The summed E-state index contributed by atoms with van der Waals surface area (Å²) in [5.41, 5.74) is 1.27. The topological polar surface area (TPSA) is 35.8 Å². The Bertz CT molecular complexity index is 316. The summed E-state index contributed by atoms with van der Waals surface area (Å²) >= 11 is 0. The van der Waals surface area contributed by atoms with E-state index in [2.05, 4.69) is 17.1 Å². The molecule has 1 heterocycles. The van der Waals surface area contributed by atoms with E-state index in [9.17, 15) is 5.11 Å². The molecule has 1 N–H and O–H groups in total. The maximum atomic E-state index is 9.86. The average Bonchev–Trinajstić information content (AvgIpc) is 2.81. The zero-order valence-electron chi connectivity index (χ0n) is 8.71. The van der Waals surface area contributed by atoms with Crippen LogP contribution >= 0.6 is 0 Å². The summed E-state index contributed by atoms with van der Waals surface area (Å²) in [6.07, 6.45) is 3.17. The van der Waals surface area contributed by atoms with Crippen LogP contribution in [0.15, 0.2) is 35.3 Å². The van der Waals surface area contributed by atoms with Gasteiger partial charge >= 0.3 is 0 Å². The number of hydrogen-bond acceptors (Lipinski definition) is 3. The lowest BCUT2D eigenvalue weighted by molar-refractivity contribution is 0.0161. The third-order valence-corrected chi connectivity index (χ3v) is 2.66. The van der Waals surface area contributed by atoms with Gasteiger partial charge in [0.1, 0.15) is 6.23 Å². The van der Waals surface area contributed by atoms with Gasteiger partial charge in [-0.15, -0.1) is 0 Å². The van der Waals surface area contributed by atoms with Gasteiger partial charge in [-0.1, -0.05) is 30.3 Å². The first-order valence-electron chi connectivity index (χ1n) is 5.30. The first kappa shape index (κ1) is 10.3. The Balaban J connectivity index is 1.78. The summed E-state index contributed by atoms with van der Waals surface area (Å²) in [6.45, 7) is 1.41. The van der Waals surface area contributed by atoms with Crippen LogP contribution in [0.1, 0.15) is 12.0 Å². The Morgan fingerprint density at radius 1 is 1.33 bits per heavy atom. The maximum absolute atomic E-state index is 9.86. The molecule has 1 unspecified atom stereocenters. The third kappa shape index (κ3) is 2.88. The fourth-order valence-corrected chi connectivity index (χ4v) is 1.72. The molecule has 0 aromatic heterocycles. The van der Waals surface area contributed by atoms with Crippen LogP contribution in [0.2, 0.25) is 0 Å². The molecule has 1 aromatic rings. The Kier molecular flexibility index (Phi) is 3.48. The van der Waals surface area contributed by atoms with E-state index in [1.165, 1.54) is 5.56 Å². The highest BCUT2D eigenvalue weighted by atomic mass is 16.3. The second kappa shape index (κ2) is 5.05. The van der Waals surface area contributed by atoms with Gasteiger partial charge < -0.3 is 5.11 Å². The number of aliphatic hydroxyl groups excluding tert-OH is 1. The molecule has 0 saturated carbocycles. The quantitative estimate of drug-likeness (QED) is 0.802. The van der Waals surface area contributed by atoms with Crippen molar-refractivity contribution in [1.82, 2.24) is 4.90 Å². The minimum Gasteiger partial charge on any atom is -0.378 e. The standard InChI is InChI=1S/C12H16N2O/c15-12(14-9-8-13-10-14)7-6-11-4-2-1-3-5-11/h1-5,8,12,15H,6-7,9-10H2. The molecule has 0 bridgehead atoms. The number of nitrogens with zero attached hydrogens (tertiary/aromatic N) is 2. The lowest BCUT2D eigenvalue weighted by Crippen LogP contribution is -2.33. The Hall–Kier alpha value is -1.19. The van der Waals surface area contributed by atoms with Crippen molar-refractivity contribution in [2.45, 2.75) is 19.1 Å². The lowest BCUT2D eigenvalue weighted by atomic mass is 10.1. The molecule has 3 heteroatoms. The Labute approximate surface area is 90.1 Å². The molecule has 1 aliphatic heterocycles. The molecule has 0 spiro atoms. The zero-order valence-corrected chi connectivity index (χ0v) is 8.71. The monoisotopic (exact) mass is 204 g/mol. The van der Waals surface area contributed by atoms with Crippen LogP contribution in [-0.2, 0) is 6.42 Å². The van der Waals surface area contributed by atoms with Gasteiger partial charge in [-0.2, -0.15) is 0 Å². The second-order valence-electron chi connectivity index (χ2n) is 3.78. The number of hydrogen-bond donors (Lipinski definition) is 1. The van der Waals surface area contributed by atoms with E-state index in [1.54, 1.807) is 0 Å². The Morgan fingerprint density at radius 3 is 2.80 bits per heavy atom. The van der Waals surface area contributed by atoms with Crippen molar-refractivity contribution < 1.29 is 5.11 Å². The van der Waals surface area contributed by atoms with Gasteiger partial charge in [-0.25, -0.2) is 0 Å². The van der Waals surface area contributed by atoms with Crippen molar-refractivity contribution in [2.24, 2.45) is 4.99 Å². The van der Waals surface area contributed by atoms with E-state index < -0.39 is 0 Å². The molecule has 3 nitrogen and oxygen atoms in total. The van der Waals surface area contributed by atoms with E-state index in [-0.39, 0.29) is 6.23 Å². The second-order valence-corrected chi connectivity index (χ2v) is 3.78. The minimum absolute atomic E-state index is 0.368. The molecule has 1 aliphatic rings. The molecule has 0 aliphatic carbocycles. The first-order chi connectivity index (χ1) is 7.36. The molecular formula is C12H16N2O. The van der Waals surface area contributed by atoms with E-state index >= 15 is 0 Å². The third-order valence-electron chi connectivity index (χ3n) is 2.66. The van der Waals surface area contributed by atoms with Crippen molar-refractivity contribution in [3.05, 3.63) is 35.9 Å². The van der Waals surface area contributed by atoms with Crippen LogP contribution in [0.25, 0.3) is 0 Å². The van der Waals surface area contributed by atoms with Gasteiger partial charge in [-0.05, 0) is 18.4 Å². The largest absolute Gasteiger partial charge is 0.378 e. The normalized spacial score (nSPS) is 18.2. The van der Waals surface area contributed by atoms with E-state index in [4.69, 9.17) is 0 Å². The minimum atomic E-state index is -0.368. The lowest BCUT2D eigenvalue weighted by Gasteiger charge is -2.20. The number of benzene rings is 1. The average molecular weight is 204 g/mol. The van der Waals surface area contributed by atoms with Crippen molar-refractivity contribution >= 4 is 6.21 Å². The smallest absolute Gasteiger partial charge is 0.109 e. The van der Waals surface area contributed by atoms with Gasteiger partial charge in [0, 0.05) is 12.8 Å². The maximum Gasteiger partial charge on any atom is 0.109 e. The predicted octanol–water partition coefficient (Wildman–Crippen LogP) is 1.28. The molecule has 2 rings (SSSR count). The fourth-order valence-electron chi connectivity index (χ4n) is 1.72. The van der Waals surface area contributed by atoms with Crippen LogP contribution in [0.4, 0.5) is 0 Å². The molecule has 0 fully saturated rings. The molecule has 1 aromatic carbocycles. The highest BCUT2D eigenvalue weighted by Gasteiger charge is 2.16. The summed E-state index contributed by atoms with van der Waals surface area (Å²) < 4.78 is 0. The first-order valence-corrected chi connectivity index (χ1v) is 5.30. The van der Waals surface area contributed by atoms with Crippen molar-refractivity contribution in [3.63, 3.8) is 0 Å². The summed E-state index contributed by atoms with van der Waals surface area (Å²) in [6, 6.07) is 10.2. The number of rotatable bonds is 4. The highest BCUT2D eigenvalue weighted by molar-refractivity contribution is 5.61. The zero-order chi connectivity index (χ0) is 10.5. The van der Waals surface area contributed by atoms with Gasteiger partial charge in [0.2, 0.25) is 0 Å². The van der Waals surface area contributed by atoms with Crippen LogP contribution in [0, 0.1) is 0 Å². The van der Waals surface area contributed by atoms with E-state index in [1.807, 2.05) is 29.3 Å². The van der Waals surface area contributed by atoms with Crippen LogP contribution in [-0.4, -0.2) is 35.7 Å². The molecule has 15 heavy (non-hydrogen) atoms. The summed E-state index contributed by atoms with van der Waals surface area (Å²) in [5, 5.41) is 9.86. The van der Waals surface area contributed by atoms with Gasteiger partial charge in [0.15, 0.2) is 0 Å². The SMILES string of the molecule is OC(CCc1ccccc1)N1CC=NC1. The summed E-state index contributed by atoms with van der Waals surface area (Å²) in [7, 11) is 0. The van der Waals surface area contributed by atoms with Crippen molar-refractivity contribution in [3.8, 4) is 0 Å². The van der Waals surface area contributed by atoms with Gasteiger partial charge in [0.25, 0.3) is 0 Å².